The number of amides is 3. The predicted molar refractivity (Wildman–Crippen MR) is 244 cm³/mol. The number of carbonyl (C=O) groups excluding carboxylic acids is 3. The number of hydrogen-bond acceptors (Lipinski definition) is 11. The van der Waals surface area contributed by atoms with Crippen molar-refractivity contribution < 1.29 is 34.4 Å². The lowest BCUT2D eigenvalue weighted by Gasteiger charge is -2.11. The number of anilines is 1. The maximum Gasteiger partial charge on any atom is 0.271 e. The summed E-state index contributed by atoms with van der Waals surface area (Å²) in [5.74, 6) is -0.413. The Bertz CT molecular complexity index is 2550. The minimum Gasteiger partial charge on any atom is -0.508 e. The molecule has 0 radical (unpaired) electrons. The Kier molecular flexibility index (Phi) is 17.5. The molecule has 0 aliphatic heterocycles. The Morgan fingerprint density at radius 2 is 0.952 bits per heavy atom. The number of nitrogens with zero attached hydrogens (tertiary/aromatic N) is 4. The molecule has 0 aliphatic rings. The fourth-order valence-corrected chi connectivity index (χ4v) is 5.30. The highest BCUT2D eigenvalue weighted by molar-refractivity contribution is 5.96. The van der Waals surface area contributed by atoms with Crippen LogP contribution in [-0.2, 0) is 0 Å². The molecule has 6 N–H and O–H groups in total. The summed E-state index contributed by atoms with van der Waals surface area (Å²) in [6.45, 7) is 5.76. The molecule has 0 bridgehead atoms. The number of hydrogen-bond donors (Lipinski definition) is 6. The number of nitrogens with one attached hydrogen (secondary N) is 3. The van der Waals surface area contributed by atoms with E-state index in [2.05, 4.69) is 31.6 Å². The van der Waals surface area contributed by atoms with Gasteiger partial charge in [-0.05, 0) is 99.1 Å². The number of hydrazone groups is 3. The second-order valence-electron chi connectivity index (χ2n) is 13.9. The zero-order chi connectivity index (χ0) is 45.0. The van der Waals surface area contributed by atoms with Gasteiger partial charge >= 0.3 is 0 Å². The largest absolute Gasteiger partial charge is 0.508 e. The maximum absolute atomic E-state index is 11.9. The van der Waals surface area contributed by atoms with Gasteiger partial charge in [0.2, 0.25) is 0 Å². The normalized spacial score (nSPS) is 10.6. The molecule has 318 valence electrons. The van der Waals surface area contributed by atoms with Crippen LogP contribution in [0.25, 0.3) is 0 Å². The number of rotatable bonds is 11. The summed E-state index contributed by atoms with van der Waals surface area (Å²) in [5.41, 5.74) is 14.9. The summed E-state index contributed by atoms with van der Waals surface area (Å²) in [4.78, 5) is 37.6. The zero-order valence-electron chi connectivity index (χ0n) is 35.2. The molecule has 0 aromatic heterocycles. The van der Waals surface area contributed by atoms with Gasteiger partial charge in [-0.3, -0.25) is 14.4 Å². The van der Waals surface area contributed by atoms with Crippen molar-refractivity contribution in [2.75, 3.05) is 26.1 Å². The zero-order valence-corrected chi connectivity index (χ0v) is 35.2. The Morgan fingerprint density at radius 1 is 0.532 bits per heavy atom. The highest BCUT2D eigenvalue weighted by atomic mass is 16.5. The van der Waals surface area contributed by atoms with Crippen LogP contribution in [0.2, 0.25) is 0 Å². The van der Waals surface area contributed by atoms with E-state index >= 15 is 0 Å². The lowest BCUT2D eigenvalue weighted by Crippen LogP contribution is -2.17. The van der Waals surface area contributed by atoms with E-state index in [1.807, 2.05) is 100 Å². The molecule has 0 saturated carbocycles. The van der Waals surface area contributed by atoms with Crippen LogP contribution >= 0.6 is 0 Å². The first-order valence-electron chi connectivity index (χ1n) is 19.1. The van der Waals surface area contributed by atoms with Gasteiger partial charge in [0.25, 0.3) is 17.7 Å². The van der Waals surface area contributed by atoms with Crippen LogP contribution in [0.15, 0.2) is 149 Å². The molecule has 6 rings (SSSR count). The summed E-state index contributed by atoms with van der Waals surface area (Å²) < 4.78 is 4.99. The van der Waals surface area contributed by atoms with Crippen molar-refractivity contribution in [1.29, 1.82) is 0 Å². The van der Waals surface area contributed by atoms with E-state index in [1.165, 1.54) is 43.8 Å². The number of aromatic hydroxyl groups is 3. The molecule has 0 heterocycles. The number of carbonyl (C=O) groups is 3. The Hall–Kier alpha value is -8.26. The molecule has 0 saturated heterocycles. The highest BCUT2D eigenvalue weighted by Gasteiger charge is 2.07. The smallest absolute Gasteiger partial charge is 0.271 e. The van der Waals surface area contributed by atoms with E-state index in [0.29, 0.717) is 33.6 Å². The molecule has 6 aromatic carbocycles. The molecule has 0 fully saturated rings. The molecule has 14 nitrogen and oxygen atoms in total. The summed E-state index contributed by atoms with van der Waals surface area (Å²) in [6.07, 6.45) is 4.32. The highest BCUT2D eigenvalue weighted by Crippen LogP contribution is 2.22. The fraction of sp³-hybridized carbons (Fsp3) is 0.125. The molecule has 0 aliphatic carbocycles. The third-order valence-electron chi connectivity index (χ3n) is 8.62. The minimum absolute atomic E-state index is 0.0305. The molecule has 62 heavy (non-hydrogen) atoms. The quantitative estimate of drug-likeness (QED) is 0.0571. The summed E-state index contributed by atoms with van der Waals surface area (Å²) in [5, 5.41) is 40.0. The molecule has 6 aromatic rings. The summed E-state index contributed by atoms with van der Waals surface area (Å²) in [7, 11) is 5.50. The van der Waals surface area contributed by atoms with Gasteiger partial charge < -0.3 is 25.0 Å². The second kappa shape index (κ2) is 23.4. The Balaban J connectivity index is 0.000000205. The van der Waals surface area contributed by atoms with Crippen molar-refractivity contribution in [3.63, 3.8) is 0 Å². The van der Waals surface area contributed by atoms with E-state index in [1.54, 1.807) is 54.7 Å². The van der Waals surface area contributed by atoms with Crippen molar-refractivity contribution in [3.05, 3.63) is 184 Å². The third kappa shape index (κ3) is 15.2. The van der Waals surface area contributed by atoms with Gasteiger partial charge in [-0.2, -0.15) is 15.3 Å². The van der Waals surface area contributed by atoms with Crippen LogP contribution in [0.1, 0.15) is 64.5 Å². The lowest BCUT2D eigenvalue weighted by atomic mass is 10.1. The standard InChI is InChI=1S/C17H19N3O.C16H16N2O3.C15H14N2O3/c1-13-5-4-6-15(11-13)17(21)19-18-12-14-7-9-16(10-8-14)20(2)3;1-11-4-3-5-12(8-11)16(20)18-17-10-13-6-7-14(21-2)9-15(13)19;1-10-3-2-4-11(7-10)15(20)17-16-9-12-5-6-13(18)8-14(12)19/h4-12H,1-3H3,(H,19,21);3-10,19H,1-2H3,(H,18,20);2-9,18-19H,1H3,(H,17,20)/b18-12+;17-10+;16-9+. The van der Waals surface area contributed by atoms with Gasteiger partial charge in [0.1, 0.15) is 23.0 Å². The molecular weight excluding hydrogens is 787 g/mol. The fourth-order valence-electron chi connectivity index (χ4n) is 5.30. The van der Waals surface area contributed by atoms with Crippen molar-refractivity contribution >= 4 is 42.1 Å². The number of aryl methyl sites for hydroxylation is 3. The number of ether oxygens (including phenoxy) is 1. The van der Waals surface area contributed by atoms with E-state index in [4.69, 9.17) is 9.84 Å². The van der Waals surface area contributed by atoms with Crippen molar-refractivity contribution in [1.82, 2.24) is 16.3 Å². The second-order valence-corrected chi connectivity index (χ2v) is 13.9. The predicted octanol–water partition coefficient (Wildman–Crippen LogP) is 7.47. The van der Waals surface area contributed by atoms with E-state index in [9.17, 15) is 24.6 Å². The number of benzene rings is 6. The maximum atomic E-state index is 11.9. The number of phenolic OH excluding ortho intramolecular Hbond substituents is 3. The molecule has 0 spiro atoms. The average molecular weight is 836 g/mol. The number of phenols is 3. The summed E-state index contributed by atoms with van der Waals surface area (Å²) in [6, 6.07) is 38.6. The van der Waals surface area contributed by atoms with Crippen LogP contribution in [0.4, 0.5) is 5.69 Å². The van der Waals surface area contributed by atoms with E-state index in [0.717, 1.165) is 27.9 Å². The van der Waals surface area contributed by atoms with Crippen LogP contribution in [0, 0.1) is 20.8 Å². The third-order valence-corrected chi connectivity index (χ3v) is 8.62. The van der Waals surface area contributed by atoms with Crippen LogP contribution in [0.3, 0.4) is 0 Å². The van der Waals surface area contributed by atoms with E-state index in [-0.39, 0.29) is 35.0 Å². The van der Waals surface area contributed by atoms with Crippen molar-refractivity contribution in [3.8, 4) is 23.0 Å². The van der Waals surface area contributed by atoms with Crippen molar-refractivity contribution in [2.24, 2.45) is 15.3 Å². The molecular formula is C48H49N7O7. The molecule has 14 heteroatoms. The molecule has 0 atom stereocenters. The SMILES string of the molecule is COc1ccc(/C=N/NC(=O)c2cccc(C)c2)c(O)c1.Cc1cccc(C(=O)N/N=C/c2ccc(N(C)C)cc2)c1.Cc1cccc(C(=O)N/N=C/c2ccc(O)cc2O)c1. The Labute approximate surface area is 360 Å². The van der Waals surface area contributed by atoms with Gasteiger partial charge in [-0.25, -0.2) is 16.3 Å². The molecule has 3 amide bonds. The Morgan fingerprint density at radius 3 is 1.34 bits per heavy atom. The monoisotopic (exact) mass is 835 g/mol. The van der Waals surface area contributed by atoms with Gasteiger partial charge in [-0.1, -0.05) is 65.2 Å². The first-order valence-corrected chi connectivity index (χ1v) is 19.1. The average Bonchev–Trinajstić information content (AvgIpc) is 3.25. The lowest BCUT2D eigenvalue weighted by molar-refractivity contribution is 0.0947. The minimum atomic E-state index is -0.330. The first-order chi connectivity index (χ1) is 29.7. The first kappa shape index (κ1) is 46.4. The topological polar surface area (TPSA) is 198 Å². The van der Waals surface area contributed by atoms with Crippen LogP contribution in [-0.4, -0.2) is 72.9 Å². The molecule has 0 unspecified atom stereocenters. The van der Waals surface area contributed by atoms with Crippen molar-refractivity contribution in [2.45, 2.75) is 20.8 Å². The van der Waals surface area contributed by atoms with Crippen LogP contribution < -0.4 is 25.9 Å². The number of methoxy groups -OCH3 is 1. The van der Waals surface area contributed by atoms with Gasteiger partial charge in [0, 0.05) is 59.7 Å². The van der Waals surface area contributed by atoms with Crippen LogP contribution in [0.5, 0.6) is 23.0 Å². The van der Waals surface area contributed by atoms with E-state index < -0.39 is 0 Å². The van der Waals surface area contributed by atoms with Gasteiger partial charge in [-0.15, -0.1) is 0 Å². The summed E-state index contributed by atoms with van der Waals surface area (Å²) >= 11 is 0. The van der Waals surface area contributed by atoms with Gasteiger partial charge in [0.15, 0.2) is 0 Å². The van der Waals surface area contributed by atoms with Gasteiger partial charge in [0.05, 0.1) is 25.8 Å².